The minimum absolute atomic E-state index is 0.0382. The molecule has 4 aliphatic rings. The summed E-state index contributed by atoms with van der Waals surface area (Å²) < 4.78 is -0.232. The lowest BCUT2D eigenvalue weighted by Gasteiger charge is -2.65. The van der Waals surface area contributed by atoms with Crippen LogP contribution in [0.5, 0.6) is 0 Å². The molecule has 150 valence electrons. The number of allylic oxidation sites excluding steroid dienone is 1. The van der Waals surface area contributed by atoms with Crippen LogP contribution in [0.2, 0.25) is 0 Å². The Labute approximate surface area is 188 Å². The Morgan fingerprint density at radius 1 is 1.11 bits per heavy atom. The number of alkyl halides is 3. The Morgan fingerprint density at radius 3 is 2.41 bits per heavy atom. The van der Waals surface area contributed by atoms with E-state index in [1.54, 1.807) is 0 Å². The zero-order valence-corrected chi connectivity index (χ0v) is 21.3. The topological polar surface area (TPSA) is 34.1 Å². The molecule has 5 heteroatoms. The van der Waals surface area contributed by atoms with Gasteiger partial charge in [0.1, 0.15) is 5.78 Å². The standard InChI is InChI=1S/C22H29Br3O2/c1-11-18-13-5-6-17(27)20(13,3)8-7-14(18)21(4)12(2)19(24)15(26)9-16(21)22(11,25)10-23/h9,11-14,18-19H,5-8,10H2,1-4H3/t11?,12?,13-,14+,18-,19?,20-,21+,22?/m0/s1. The van der Waals surface area contributed by atoms with Gasteiger partial charge in [0.2, 0.25) is 0 Å². The third kappa shape index (κ3) is 2.46. The molecule has 4 unspecified atom stereocenters. The number of carbonyl (C=O) groups is 2. The molecule has 4 aliphatic carbocycles. The van der Waals surface area contributed by atoms with Crippen molar-refractivity contribution in [1.82, 2.24) is 0 Å². The van der Waals surface area contributed by atoms with Crippen molar-refractivity contribution in [2.24, 2.45) is 40.4 Å². The minimum Gasteiger partial charge on any atom is -0.299 e. The van der Waals surface area contributed by atoms with Gasteiger partial charge < -0.3 is 0 Å². The molecule has 0 aliphatic heterocycles. The van der Waals surface area contributed by atoms with Gasteiger partial charge in [-0.1, -0.05) is 75.5 Å². The zero-order chi connectivity index (χ0) is 19.9. The summed E-state index contributed by atoms with van der Waals surface area (Å²) in [5.41, 5.74) is 1.10. The van der Waals surface area contributed by atoms with Crippen molar-refractivity contribution in [3.05, 3.63) is 11.6 Å². The molecule has 0 spiro atoms. The van der Waals surface area contributed by atoms with Gasteiger partial charge >= 0.3 is 0 Å². The SMILES string of the molecule is CC1[C@@H]2[C@@H](CC[C@]3(C)C(=O)CC[C@@H]23)[C@]2(C)C(=CC(=O)C(Br)C2C)C1(Br)CBr. The lowest BCUT2D eigenvalue weighted by Crippen LogP contribution is -2.64. The average Bonchev–Trinajstić information content (AvgIpc) is 2.95. The number of Topliss-reactive ketones (excluding diaryl/α,β-unsaturated/α-hetero) is 1. The first-order valence-corrected chi connectivity index (χ1v) is 13.0. The van der Waals surface area contributed by atoms with Gasteiger partial charge in [0.05, 0.1) is 9.15 Å². The molecule has 3 fully saturated rings. The number of fused-ring (bicyclic) bond motifs is 5. The van der Waals surface area contributed by atoms with E-state index in [1.165, 1.54) is 5.57 Å². The Kier molecular flexibility index (Phi) is 5.01. The molecule has 4 rings (SSSR count). The van der Waals surface area contributed by atoms with Crippen molar-refractivity contribution in [3.63, 3.8) is 0 Å². The summed E-state index contributed by atoms with van der Waals surface area (Å²) in [5.74, 6) is 2.79. The summed E-state index contributed by atoms with van der Waals surface area (Å²) in [4.78, 5) is 25.4. The zero-order valence-electron chi connectivity index (χ0n) is 16.5. The van der Waals surface area contributed by atoms with E-state index >= 15 is 0 Å². The van der Waals surface area contributed by atoms with Crippen molar-refractivity contribution in [2.75, 3.05) is 5.33 Å². The van der Waals surface area contributed by atoms with Crippen molar-refractivity contribution in [3.8, 4) is 0 Å². The molecular formula is C22H29Br3O2. The van der Waals surface area contributed by atoms with E-state index in [9.17, 15) is 9.59 Å². The van der Waals surface area contributed by atoms with Crippen LogP contribution >= 0.6 is 47.8 Å². The molecule has 0 aromatic heterocycles. The molecule has 0 saturated heterocycles. The summed E-state index contributed by atoms with van der Waals surface area (Å²) in [6.07, 6.45) is 5.81. The molecule has 9 atom stereocenters. The Hall–Kier alpha value is 0.520. The Morgan fingerprint density at radius 2 is 1.78 bits per heavy atom. The van der Waals surface area contributed by atoms with E-state index < -0.39 is 0 Å². The second-order valence-electron chi connectivity index (χ2n) is 9.93. The van der Waals surface area contributed by atoms with Crippen molar-refractivity contribution in [2.45, 2.75) is 62.5 Å². The van der Waals surface area contributed by atoms with Gasteiger partial charge in [-0.15, -0.1) is 0 Å². The van der Waals surface area contributed by atoms with Crippen LogP contribution in [0.25, 0.3) is 0 Å². The van der Waals surface area contributed by atoms with Crippen molar-refractivity contribution >= 4 is 59.4 Å². The smallest absolute Gasteiger partial charge is 0.169 e. The van der Waals surface area contributed by atoms with Gasteiger partial charge in [-0.05, 0) is 65.9 Å². The summed E-state index contributed by atoms with van der Waals surface area (Å²) in [5, 5.41) is 0.788. The predicted molar refractivity (Wildman–Crippen MR) is 120 cm³/mol. The van der Waals surface area contributed by atoms with Gasteiger partial charge in [0.25, 0.3) is 0 Å². The quantitative estimate of drug-likeness (QED) is 0.361. The molecule has 2 nitrogen and oxygen atoms in total. The molecule has 27 heavy (non-hydrogen) atoms. The van der Waals surface area contributed by atoms with E-state index in [2.05, 4.69) is 75.5 Å². The maximum absolute atomic E-state index is 12.8. The van der Waals surface area contributed by atoms with Crippen LogP contribution in [-0.4, -0.2) is 26.0 Å². The maximum Gasteiger partial charge on any atom is 0.169 e. The van der Waals surface area contributed by atoms with E-state index in [4.69, 9.17) is 0 Å². The predicted octanol–water partition coefficient (Wildman–Crippen LogP) is 6.09. The first-order valence-electron chi connectivity index (χ1n) is 10.2. The number of carbonyl (C=O) groups excluding carboxylic acids is 2. The van der Waals surface area contributed by atoms with Crippen LogP contribution in [0.15, 0.2) is 11.6 Å². The Balaban J connectivity index is 1.91. The van der Waals surface area contributed by atoms with E-state index in [0.717, 1.165) is 31.0 Å². The van der Waals surface area contributed by atoms with Gasteiger partial charge in [0, 0.05) is 17.2 Å². The first-order chi connectivity index (χ1) is 12.5. The first kappa shape index (κ1) is 20.8. The highest BCUT2D eigenvalue weighted by atomic mass is 79.9. The van der Waals surface area contributed by atoms with Crippen LogP contribution in [0.4, 0.5) is 0 Å². The monoisotopic (exact) mass is 562 g/mol. The van der Waals surface area contributed by atoms with E-state index in [0.29, 0.717) is 29.5 Å². The number of rotatable bonds is 1. The number of hydrogen-bond acceptors (Lipinski definition) is 2. The van der Waals surface area contributed by atoms with Crippen LogP contribution in [0.3, 0.4) is 0 Å². The minimum atomic E-state index is -0.232. The van der Waals surface area contributed by atoms with Crippen LogP contribution in [0.1, 0.15) is 53.4 Å². The highest BCUT2D eigenvalue weighted by molar-refractivity contribution is 9.12. The fourth-order valence-corrected chi connectivity index (χ4v) is 9.73. The van der Waals surface area contributed by atoms with Crippen molar-refractivity contribution in [1.29, 1.82) is 0 Å². The maximum atomic E-state index is 12.8. The molecule has 0 aromatic carbocycles. The second kappa shape index (κ2) is 6.51. The van der Waals surface area contributed by atoms with Crippen molar-refractivity contribution < 1.29 is 9.59 Å². The highest BCUT2D eigenvalue weighted by Crippen LogP contribution is 2.70. The Bertz CT molecular complexity index is 733. The number of hydrogen-bond donors (Lipinski definition) is 0. The van der Waals surface area contributed by atoms with Crippen LogP contribution in [0, 0.1) is 40.4 Å². The van der Waals surface area contributed by atoms with Gasteiger partial charge in [-0.2, -0.15) is 0 Å². The largest absolute Gasteiger partial charge is 0.299 e. The second-order valence-corrected chi connectivity index (χ2v) is 12.9. The van der Waals surface area contributed by atoms with Crippen LogP contribution < -0.4 is 0 Å². The molecule has 0 amide bonds. The van der Waals surface area contributed by atoms with Gasteiger partial charge in [-0.25, -0.2) is 0 Å². The molecular weight excluding hydrogens is 536 g/mol. The van der Waals surface area contributed by atoms with Gasteiger partial charge in [-0.3, -0.25) is 9.59 Å². The number of ketones is 2. The summed E-state index contributed by atoms with van der Waals surface area (Å²) in [6, 6.07) is 0. The molecule has 0 N–H and O–H groups in total. The highest BCUT2D eigenvalue weighted by Gasteiger charge is 2.67. The van der Waals surface area contributed by atoms with Gasteiger partial charge in [0.15, 0.2) is 5.78 Å². The third-order valence-electron chi connectivity index (χ3n) is 9.28. The molecule has 0 heterocycles. The summed E-state index contributed by atoms with van der Waals surface area (Å²) in [7, 11) is 0. The lowest BCUT2D eigenvalue weighted by molar-refractivity contribution is -0.137. The summed E-state index contributed by atoms with van der Waals surface area (Å²) >= 11 is 11.6. The normalized spacial score (nSPS) is 54.9. The number of halogens is 3. The third-order valence-corrected chi connectivity index (χ3v) is 13.6. The van der Waals surface area contributed by atoms with Crippen LogP contribution in [-0.2, 0) is 9.59 Å². The summed E-state index contributed by atoms with van der Waals surface area (Å²) in [6.45, 7) is 9.21. The molecule has 0 bridgehead atoms. The molecule has 3 saturated carbocycles. The fraction of sp³-hybridized carbons (Fsp3) is 0.818. The molecule has 0 radical (unpaired) electrons. The lowest BCUT2D eigenvalue weighted by atomic mass is 9.41. The van der Waals surface area contributed by atoms with E-state index in [-0.39, 0.29) is 31.7 Å². The average molecular weight is 565 g/mol. The van der Waals surface area contributed by atoms with E-state index in [1.807, 2.05) is 6.08 Å². The molecule has 0 aromatic rings. The fourth-order valence-electron chi connectivity index (χ4n) is 7.39.